The second-order valence-electron chi connectivity index (χ2n) is 4.52. The maximum atomic E-state index is 6.10. The Balaban J connectivity index is 1.84. The third-order valence-corrected chi connectivity index (χ3v) is 3.49. The Hall–Kier alpha value is -2.04. The number of halogens is 1. The minimum absolute atomic E-state index is 0.491. The van der Waals surface area contributed by atoms with Crippen LogP contribution in [-0.2, 0) is 6.54 Å². The van der Waals surface area contributed by atoms with Crippen LogP contribution in [0.25, 0.3) is 0 Å². The molecule has 0 saturated carbocycles. The third-order valence-electron chi connectivity index (χ3n) is 2.88. The normalized spacial score (nSPS) is 9.86. The fraction of sp³-hybridized carbons (Fsp3) is 0.118. The molecule has 3 nitrogen and oxygen atoms in total. The number of benzene rings is 2. The van der Waals surface area contributed by atoms with E-state index in [2.05, 4.69) is 17.2 Å². The molecule has 2 aromatic carbocycles. The molecule has 0 atom stereocenters. The molecule has 0 fully saturated rings. The summed E-state index contributed by atoms with van der Waals surface area (Å²) in [6.45, 7) is 4.68. The summed E-state index contributed by atoms with van der Waals surface area (Å²) in [6, 6.07) is 15.2. The van der Waals surface area contributed by atoms with Gasteiger partial charge in [-0.05, 0) is 48.1 Å². The maximum Gasteiger partial charge on any atom is 0.171 e. The summed E-state index contributed by atoms with van der Waals surface area (Å²) in [4.78, 5) is 0. The lowest BCUT2D eigenvalue weighted by atomic mass is 10.2. The Morgan fingerprint density at radius 3 is 2.59 bits per heavy atom. The number of hydrogen-bond donors (Lipinski definition) is 2. The molecular weight excluding hydrogens is 316 g/mol. The number of thiocarbonyl (C=S) groups is 1. The lowest BCUT2D eigenvalue weighted by Crippen LogP contribution is -2.27. The van der Waals surface area contributed by atoms with E-state index in [9.17, 15) is 0 Å². The molecule has 0 amide bonds. The van der Waals surface area contributed by atoms with Gasteiger partial charge in [0.2, 0.25) is 0 Å². The molecule has 2 aromatic rings. The summed E-state index contributed by atoms with van der Waals surface area (Å²) in [5, 5.41) is 7.51. The Morgan fingerprint density at radius 1 is 1.18 bits per heavy atom. The van der Waals surface area contributed by atoms with Gasteiger partial charge >= 0.3 is 0 Å². The fourth-order valence-corrected chi connectivity index (χ4v) is 2.17. The van der Waals surface area contributed by atoms with Gasteiger partial charge in [0.15, 0.2) is 5.11 Å². The molecular formula is C17H17ClN2OS. The molecule has 0 aliphatic heterocycles. The zero-order chi connectivity index (χ0) is 15.8. The van der Waals surface area contributed by atoms with Gasteiger partial charge in [-0.3, -0.25) is 0 Å². The van der Waals surface area contributed by atoms with E-state index < -0.39 is 0 Å². The first kappa shape index (κ1) is 16.3. The highest BCUT2D eigenvalue weighted by molar-refractivity contribution is 7.80. The predicted molar refractivity (Wildman–Crippen MR) is 96.6 cm³/mol. The van der Waals surface area contributed by atoms with E-state index >= 15 is 0 Å². The van der Waals surface area contributed by atoms with Crippen molar-refractivity contribution in [3.8, 4) is 5.75 Å². The monoisotopic (exact) mass is 332 g/mol. The number of rotatable bonds is 6. The van der Waals surface area contributed by atoms with Crippen LogP contribution in [0.2, 0.25) is 5.02 Å². The Bertz CT molecular complexity index is 643. The van der Waals surface area contributed by atoms with Gasteiger partial charge in [-0.15, -0.1) is 0 Å². The van der Waals surface area contributed by atoms with Crippen LogP contribution in [0.1, 0.15) is 5.56 Å². The smallest absolute Gasteiger partial charge is 0.171 e. The molecule has 2 N–H and O–H groups in total. The van der Waals surface area contributed by atoms with E-state index in [1.54, 1.807) is 6.08 Å². The second kappa shape index (κ2) is 8.41. The van der Waals surface area contributed by atoms with E-state index in [1.165, 1.54) is 0 Å². The quantitative estimate of drug-likeness (QED) is 0.607. The van der Waals surface area contributed by atoms with E-state index in [1.807, 2.05) is 48.5 Å². The van der Waals surface area contributed by atoms with Crippen molar-refractivity contribution in [1.82, 2.24) is 5.32 Å². The minimum atomic E-state index is 0.491. The highest BCUT2D eigenvalue weighted by Gasteiger charge is 2.01. The summed E-state index contributed by atoms with van der Waals surface area (Å²) in [7, 11) is 0. The maximum absolute atomic E-state index is 6.10. The van der Waals surface area contributed by atoms with Crippen molar-refractivity contribution >= 4 is 34.6 Å². The molecule has 114 valence electrons. The van der Waals surface area contributed by atoms with Gasteiger partial charge in [-0.25, -0.2) is 0 Å². The van der Waals surface area contributed by atoms with Crippen molar-refractivity contribution < 1.29 is 4.74 Å². The topological polar surface area (TPSA) is 33.3 Å². The van der Waals surface area contributed by atoms with Gasteiger partial charge in [0, 0.05) is 17.3 Å². The van der Waals surface area contributed by atoms with Crippen molar-refractivity contribution in [2.24, 2.45) is 0 Å². The van der Waals surface area contributed by atoms with Crippen LogP contribution in [0, 0.1) is 0 Å². The lowest BCUT2D eigenvalue weighted by Gasteiger charge is -2.12. The summed E-state index contributed by atoms with van der Waals surface area (Å²) in [5.41, 5.74) is 1.89. The summed E-state index contributed by atoms with van der Waals surface area (Å²) in [6.07, 6.45) is 1.71. The number of hydrogen-bond acceptors (Lipinski definition) is 2. The first-order valence-corrected chi connectivity index (χ1v) is 7.59. The molecule has 0 aromatic heterocycles. The van der Waals surface area contributed by atoms with Crippen molar-refractivity contribution in [3.05, 3.63) is 71.8 Å². The van der Waals surface area contributed by atoms with E-state index in [0.29, 0.717) is 18.3 Å². The van der Waals surface area contributed by atoms with Gasteiger partial charge in [0.25, 0.3) is 0 Å². The molecule has 2 rings (SSSR count). The van der Waals surface area contributed by atoms with Crippen molar-refractivity contribution in [2.75, 3.05) is 11.9 Å². The highest BCUT2D eigenvalue weighted by Crippen LogP contribution is 2.16. The fourth-order valence-electron chi connectivity index (χ4n) is 1.78. The molecule has 0 unspecified atom stereocenters. The van der Waals surface area contributed by atoms with Crippen LogP contribution in [0.4, 0.5) is 5.69 Å². The Morgan fingerprint density at radius 2 is 1.91 bits per heavy atom. The molecule has 0 heterocycles. The lowest BCUT2D eigenvalue weighted by molar-refractivity contribution is 0.363. The van der Waals surface area contributed by atoms with Crippen LogP contribution in [0.3, 0.4) is 0 Å². The van der Waals surface area contributed by atoms with Gasteiger partial charge in [-0.1, -0.05) is 42.5 Å². The SMILES string of the molecule is C=CCOc1ccc(NC(=S)NCc2ccccc2Cl)cc1. The second-order valence-corrected chi connectivity index (χ2v) is 5.34. The zero-order valence-corrected chi connectivity index (χ0v) is 13.6. The van der Waals surface area contributed by atoms with Crippen LogP contribution >= 0.6 is 23.8 Å². The summed E-state index contributed by atoms with van der Waals surface area (Å²) >= 11 is 11.4. The average molecular weight is 333 g/mol. The molecule has 5 heteroatoms. The van der Waals surface area contributed by atoms with Gasteiger partial charge < -0.3 is 15.4 Å². The van der Waals surface area contributed by atoms with E-state index in [4.69, 9.17) is 28.6 Å². The number of nitrogens with one attached hydrogen (secondary N) is 2. The third kappa shape index (κ3) is 5.06. The standard InChI is InChI=1S/C17H17ClN2OS/c1-2-11-21-15-9-7-14(8-10-15)20-17(22)19-12-13-5-3-4-6-16(13)18/h2-10H,1,11-12H2,(H2,19,20,22). The number of anilines is 1. The van der Waals surface area contributed by atoms with Gasteiger partial charge in [0.1, 0.15) is 12.4 Å². The van der Waals surface area contributed by atoms with E-state index in [0.717, 1.165) is 22.0 Å². The van der Waals surface area contributed by atoms with Gasteiger partial charge in [0.05, 0.1) is 0 Å². The van der Waals surface area contributed by atoms with Crippen LogP contribution in [-0.4, -0.2) is 11.7 Å². The van der Waals surface area contributed by atoms with Crippen LogP contribution < -0.4 is 15.4 Å². The van der Waals surface area contributed by atoms with Crippen molar-refractivity contribution in [2.45, 2.75) is 6.54 Å². The molecule has 0 spiro atoms. The summed E-state index contributed by atoms with van der Waals surface area (Å²) in [5.74, 6) is 0.792. The molecule has 0 radical (unpaired) electrons. The Labute approximate surface area is 140 Å². The first-order valence-electron chi connectivity index (χ1n) is 6.81. The van der Waals surface area contributed by atoms with Crippen molar-refractivity contribution in [3.63, 3.8) is 0 Å². The minimum Gasteiger partial charge on any atom is -0.490 e. The Kier molecular flexibility index (Phi) is 6.25. The highest BCUT2D eigenvalue weighted by atomic mass is 35.5. The number of ether oxygens (including phenoxy) is 1. The van der Waals surface area contributed by atoms with Gasteiger partial charge in [-0.2, -0.15) is 0 Å². The summed E-state index contributed by atoms with van der Waals surface area (Å²) < 4.78 is 5.42. The van der Waals surface area contributed by atoms with E-state index in [-0.39, 0.29) is 0 Å². The molecule has 22 heavy (non-hydrogen) atoms. The molecule has 0 bridgehead atoms. The first-order chi connectivity index (χ1) is 10.7. The predicted octanol–water partition coefficient (Wildman–Crippen LogP) is 4.39. The molecule has 0 aliphatic carbocycles. The molecule has 0 saturated heterocycles. The largest absolute Gasteiger partial charge is 0.490 e. The molecule has 0 aliphatic rings. The van der Waals surface area contributed by atoms with Crippen LogP contribution in [0.5, 0.6) is 5.75 Å². The average Bonchev–Trinajstić information content (AvgIpc) is 2.53. The van der Waals surface area contributed by atoms with Crippen molar-refractivity contribution in [1.29, 1.82) is 0 Å². The van der Waals surface area contributed by atoms with Crippen LogP contribution in [0.15, 0.2) is 61.2 Å². The zero-order valence-electron chi connectivity index (χ0n) is 12.0.